The molecule has 0 aromatic carbocycles. The molecule has 0 aliphatic carbocycles. The van der Waals surface area contributed by atoms with Crippen LogP contribution in [-0.2, 0) is 11.0 Å². The van der Waals surface area contributed by atoms with Gasteiger partial charge in [0.05, 0.1) is 29.8 Å². The molecule has 0 N–H and O–H groups in total. The third-order valence-corrected chi connectivity index (χ3v) is 3.19. The fourth-order valence-electron chi connectivity index (χ4n) is 0.968. The number of pyridine rings is 1. The van der Waals surface area contributed by atoms with Gasteiger partial charge < -0.3 is 4.74 Å². The van der Waals surface area contributed by atoms with Crippen LogP contribution in [0.5, 0.6) is 5.88 Å². The van der Waals surface area contributed by atoms with Crippen molar-refractivity contribution in [3.63, 3.8) is 0 Å². The molecule has 1 atom stereocenters. The van der Waals surface area contributed by atoms with Gasteiger partial charge in [0.2, 0.25) is 5.88 Å². The average Bonchev–Trinajstić information content (AvgIpc) is 2.24. The van der Waals surface area contributed by atoms with Crippen molar-refractivity contribution < 1.29 is 13.3 Å². The molecule has 0 aliphatic rings. The fourth-order valence-corrected chi connectivity index (χ4v) is 1.49. The monoisotopic (exact) mass is 258 g/mol. The number of halogens is 1. The molecule has 1 rings (SSSR count). The molecular weight excluding hydrogens is 243 g/mol. The first kappa shape index (κ1) is 13.8. The molecule has 17 heavy (non-hydrogen) atoms. The number of hydrogen-bond donors (Lipinski definition) is 0. The van der Waals surface area contributed by atoms with Gasteiger partial charge >= 0.3 is 0 Å². The van der Waals surface area contributed by atoms with E-state index in [9.17, 15) is 8.60 Å². The van der Waals surface area contributed by atoms with Gasteiger partial charge in [-0.2, -0.15) is 4.40 Å². The summed E-state index contributed by atoms with van der Waals surface area (Å²) >= 11 is 0. The molecule has 0 radical (unpaired) electrons. The topological polar surface area (TPSA) is 51.6 Å². The summed E-state index contributed by atoms with van der Waals surface area (Å²) < 4.78 is 33.0. The van der Waals surface area contributed by atoms with E-state index in [0.29, 0.717) is 5.56 Å². The Kier molecular flexibility index (Phi) is 4.34. The number of ether oxygens (including phenoxy) is 1. The minimum Gasteiger partial charge on any atom is -0.481 e. The molecule has 0 fully saturated rings. The minimum atomic E-state index is -1.39. The molecule has 1 heterocycles. The van der Waals surface area contributed by atoms with Gasteiger partial charge in [0, 0.05) is 0 Å². The van der Waals surface area contributed by atoms with Crippen molar-refractivity contribution in [1.82, 2.24) is 4.98 Å². The third-order valence-electron chi connectivity index (χ3n) is 1.85. The van der Waals surface area contributed by atoms with Gasteiger partial charge in [0.1, 0.15) is 16.8 Å². The van der Waals surface area contributed by atoms with Gasteiger partial charge in [0.15, 0.2) is 0 Å². The zero-order chi connectivity index (χ0) is 13.1. The zero-order valence-corrected chi connectivity index (χ0v) is 11.0. The molecule has 0 amide bonds. The van der Waals surface area contributed by atoms with Crippen LogP contribution in [0.2, 0.25) is 0 Å². The maximum atomic E-state index is 13.0. The summed E-state index contributed by atoms with van der Waals surface area (Å²) in [6.07, 6.45) is 2.37. The normalized spacial score (nSPS) is 13.9. The van der Waals surface area contributed by atoms with Crippen molar-refractivity contribution in [2.75, 3.05) is 7.11 Å². The Morgan fingerprint density at radius 3 is 2.71 bits per heavy atom. The van der Waals surface area contributed by atoms with Crippen LogP contribution < -0.4 is 4.74 Å². The van der Waals surface area contributed by atoms with Crippen molar-refractivity contribution in [1.29, 1.82) is 0 Å². The van der Waals surface area contributed by atoms with E-state index >= 15 is 0 Å². The third kappa shape index (κ3) is 3.89. The van der Waals surface area contributed by atoms with Crippen LogP contribution in [0.3, 0.4) is 0 Å². The van der Waals surface area contributed by atoms with E-state index < -0.39 is 21.5 Å². The smallest absolute Gasteiger partial charge is 0.222 e. The van der Waals surface area contributed by atoms with Gasteiger partial charge in [0.25, 0.3) is 0 Å². The highest BCUT2D eigenvalue weighted by atomic mass is 32.2. The van der Waals surface area contributed by atoms with Crippen LogP contribution in [0.25, 0.3) is 0 Å². The van der Waals surface area contributed by atoms with Crippen LogP contribution in [0.15, 0.2) is 16.7 Å². The average molecular weight is 258 g/mol. The Morgan fingerprint density at radius 1 is 1.53 bits per heavy atom. The van der Waals surface area contributed by atoms with E-state index in [1.165, 1.54) is 19.4 Å². The van der Waals surface area contributed by atoms with Crippen LogP contribution >= 0.6 is 0 Å². The molecular formula is C11H15FN2O2S. The molecule has 0 saturated carbocycles. The van der Waals surface area contributed by atoms with Gasteiger partial charge in [-0.3, -0.25) is 0 Å². The predicted molar refractivity (Wildman–Crippen MR) is 66.2 cm³/mol. The Labute approximate surface area is 103 Å². The maximum Gasteiger partial charge on any atom is 0.222 e. The highest BCUT2D eigenvalue weighted by Crippen LogP contribution is 2.16. The zero-order valence-electron chi connectivity index (χ0n) is 10.2. The van der Waals surface area contributed by atoms with E-state index in [1.54, 1.807) is 0 Å². The Hall–Kier alpha value is -1.30. The fraction of sp³-hybridized carbons (Fsp3) is 0.455. The van der Waals surface area contributed by atoms with Gasteiger partial charge in [-0.15, -0.1) is 0 Å². The van der Waals surface area contributed by atoms with Crippen molar-refractivity contribution >= 4 is 17.2 Å². The lowest BCUT2D eigenvalue weighted by atomic mass is 10.3. The molecule has 94 valence electrons. The molecule has 0 spiro atoms. The maximum absolute atomic E-state index is 13.0. The lowest BCUT2D eigenvalue weighted by Crippen LogP contribution is -2.19. The summed E-state index contributed by atoms with van der Waals surface area (Å²) in [5, 5.41) is 0. The van der Waals surface area contributed by atoms with E-state index in [-0.39, 0.29) is 5.88 Å². The first-order valence-corrected chi connectivity index (χ1v) is 6.11. The number of aromatic nitrogens is 1. The lowest BCUT2D eigenvalue weighted by molar-refractivity contribution is 0.395. The van der Waals surface area contributed by atoms with Crippen LogP contribution in [0, 0.1) is 5.82 Å². The highest BCUT2D eigenvalue weighted by Gasteiger charge is 2.18. The van der Waals surface area contributed by atoms with Gasteiger partial charge in [-0.1, -0.05) is 0 Å². The summed E-state index contributed by atoms with van der Waals surface area (Å²) in [7, 11) is 0.0378. The van der Waals surface area contributed by atoms with Crippen molar-refractivity contribution in [2.24, 2.45) is 4.40 Å². The summed E-state index contributed by atoms with van der Waals surface area (Å²) in [4.78, 5) is 3.75. The Morgan fingerprint density at radius 2 is 2.18 bits per heavy atom. The first-order valence-electron chi connectivity index (χ1n) is 5.00. The molecule has 1 aromatic rings. The second-order valence-electron chi connectivity index (χ2n) is 4.35. The number of rotatable bonds is 3. The minimum absolute atomic E-state index is 0.251. The van der Waals surface area contributed by atoms with Crippen LogP contribution in [0.4, 0.5) is 4.39 Å². The molecule has 0 unspecified atom stereocenters. The highest BCUT2D eigenvalue weighted by molar-refractivity contribution is 7.85. The lowest BCUT2D eigenvalue weighted by Gasteiger charge is -2.12. The van der Waals surface area contributed by atoms with E-state index in [4.69, 9.17) is 4.74 Å². The van der Waals surface area contributed by atoms with Crippen molar-refractivity contribution in [2.45, 2.75) is 25.5 Å². The standard InChI is InChI=1S/C11H15FN2O2S/c1-11(2,3)17(15)14-6-8-5-9(12)7-13-10(8)16-4/h5-7H,1-4H3/t17-/m1/s1. The SMILES string of the molecule is COc1ncc(F)cc1C=N[S@](=O)C(C)(C)C. The molecule has 4 nitrogen and oxygen atoms in total. The van der Waals surface area contributed by atoms with Crippen LogP contribution in [0.1, 0.15) is 26.3 Å². The summed E-state index contributed by atoms with van der Waals surface area (Å²) in [5.74, 6) is -0.241. The number of nitrogens with zero attached hydrogens (tertiary/aromatic N) is 2. The van der Waals surface area contributed by atoms with Crippen molar-refractivity contribution in [3.8, 4) is 5.88 Å². The van der Waals surface area contributed by atoms with Gasteiger partial charge in [-0.25, -0.2) is 13.6 Å². The predicted octanol–water partition coefficient (Wildman–Crippen LogP) is 2.11. The Bertz CT molecular complexity index is 455. The van der Waals surface area contributed by atoms with Gasteiger partial charge in [-0.05, 0) is 26.8 Å². The number of methoxy groups -OCH3 is 1. The molecule has 0 bridgehead atoms. The largest absolute Gasteiger partial charge is 0.481 e. The first-order chi connectivity index (χ1) is 7.84. The van der Waals surface area contributed by atoms with E-state index in [0.717, 1.165) is 6.20 Å². The van der Waals surface area contributed by atoms with E-state index in [1.807, 2.05) is 20.8 Å². The summed E-state index contributed by atoms with van der Waals surface area (Å²) in [6.45, 7) is 5.42. The summed E-state index contributed by atoms with van der Waals surface area (Å²) in [5.41, 5.74) is 0.366. The second kappa shape index (κ2) is 5.35. The molecule has 6 heteroatoms. The Balaban J connectivity index is 2.98. The molecule has 0 saturated heterocycles. The van der Waals surface area contributed by atoms with Crippen molar-refractivity contribution in [3.05, 3.63) is 23.6 Å². The molecule has 0 aliphatic heterocycles. The van der Waals surface area contributed by atoms with Crippen LogP contribution in [-0.4, -0.2) is 27.3 Å². The second-order valence-corrected chi connectivity index (χ2v) is 6.28. The number of hydrogen-bond acceptors (Lipinski definition) is 3. The van der Waals surface area contributed by atoms with E-state index in [2.05, 4.69) is 9.38 Å². The summed E-state index contributed by atoms with van der Waals surface area (Å²) in [6, 6.07) is 1.23. The molecule has 1 aromatic heterocycles. The quantitative estimate of drug-likeness (QED) is 0.780.